The van der Waals surface area contributed by atoms with E-state index in [0.29, 0.717) is 0 Å². The van der Waals surface area contributed by atoms with Gasteiger partial charge in [0.25, 0.3) is 6.26 Å². The molecule has 0 saturated carbocycles. The molecule has 0 unspecified atom stereocenters. The molecule has 0 aliphatic rings. The van der Waals surface area contributed by atoms with Gasteiger partial charge in [0.2, 0.25) is 0 Å². The number of nitriles is 1. The van der Waals surface area contributed by atoms with Gasteiger partial charge in [0, 0.05) is 5.57 Å². The molecule has 0 aromatic carbocycles. The predicted octanol–water partition coefficient (Wildman–Crippen LogP) is 0.147. The van der Waals surface area contributed by atoms with Gasteiger partial charge in [-0.3, -0.25) is 0 Å². The van der Waals surface area contributed by atoms with Gasteiger partial charge in [0.15, 0.2) is 6.61 Å². The Morgan fingerprint density at radius 3 is 2.47 bits per heavy atom. The molecule has 0 aromatic rings. The molecule has 0 aliphatic heterocycles. The van der Waals surface area contributed by atoms with Crippen LogP contribution >= 0.6 is 0 Å². The van der Waals surface area contributed by atoms with Gasteiger partial charge in [-0.2, -0.15) is 5.26 Å². The maximum absolute atomic E-state index is 10.8. The van der Waals surface area contributed by atoms with Crippen LogP contribution in [0.1, 0.15) is 6.92 Å². The quantitative estimate of drug-likeness (QED) is 0.270. The van der Waals surface area contributed by atoms with Crippen LogP contribution in [0.3, 0.4) is 0 Å². The zero-order valence-electron chi connectivity index (χ0n) is 8.32. The molecule has 0 fully saturated rings. The van der Waals surface area contributed by atoms with Crippen molar-refractivity contribution >= 4 is 11.9 Å². The number of carbonyl (C=O) groups excluding carboxylic acids is 2. The minimum atomic E-state index is -0.692. The summed E-state index contributed by atoms with van der Waals surface area (Å²) in [6.07, 6.45) is 1.32. The maximum Gasteiger partial charge on any atom is 0.345 e. The zero-order valence-corrected chi connectivity index (χ0v) is 8.32. The molecule has 0 N–H and O–H groups in total. The minimum Gasteiger partial charge on any atom is -0.460 e. The van der Waals surface area contributed by atoms with Gasteiger partial charge >= 0.3 is 11.9 Å². The van der Waals surface area contributed by atoms with E-state index in [1.165, 1.54) is 13.2 Å². The number of esters is 2. The van der Waals surface area contributed by atoms with Crippen LogP contribution in [-0.4, -0.2) is 31.8 Å². The number of rotatable bonds is 6. The van der Waals surface area contributed by atoms with Gasteiger partial charge in [-0.1, -0.05) is 6.58 Å². The highest BCUT2D eigenvalue weighted by molar-refractivity contribution is 5.86. The smallest absolute Gasteiger partial charge is 0.345 e. The van der Waals surface area contributed by atoms with Crippen molar-refractivity contribution in [2.45, 2.75) is 6.92 Å². The van der Waals surface area contributed by atoms with Crippen molar-refractivity contribution in [3.05, 3.63) is 12.2 Å². The number of hydrogen-bond acceptors (Lipinski definition) is 6. The summed E-state index contributed by atoms with van der Waals surface area (Å²) in [5.74, 6) is -1.23. The molecule has 0 bridgehead atoms. The highest BCUT2D eigenvalue weighted by Gasteiger charge is 2.05. The lowest BCUT2D eigenvalue weighted by molar-refractivity contribution is -0.152. The number of carbonyl (C=O) groups is 2. The number of ether oxygens (including phenoxy) is 3. The molecule has 0 amide bonds. The Bertz CT molecular complexity index is 291. The van der Waals surface area contributed by atoms with Crippen LogP contribution in [0.25, 0.3) is 0 Å². The Hall–Kier alpha value is -2.03. The summed E-state index contributed by atoms with van der Waals surface area (Å²) in [4.78, 5) is 21.6. The van der Waals surface area contributed by atoms with Crippen LogP contribution in [0, 0.1) is 11.5 Å². The van der Waals surface area contributed by atoms with Gasteiger partial charge in [-0.05, 0) is 6.92 Å². The summed E-state index contributed by atoms with van der Waals surface area (Å²) >= 11 is 0. The molecule has 6 nitrogen and oxygen atoms in total. The summed E-state index contributed by atoms with van der Waals surface area (Å²) in [7, 11) is 0. The molecule has 0 spiro atoms. The molecular weight excluding hydrogens is 202 g/mol. The largest absolute Gasteiger partial charge is 0.460 e. The Labute approximate surface area is 87.0 Å². The molecule has 0 atom stereocenters. The van der Waals surface area contributed by atoms with Gasteiger partial charge in [0.1, 0.15) is 13.2 Å². The van der Waals surface area contributed by atoms with Crippen LogP contribution in [0.15, 0.2) is 12.2 Å². The summed E-state index contributed by atoms with van der Waals surface area (Å²) in [5, 5.41) is 7.96. The maximum atomic E-state index is 10.8. The van der Waals surface area contributed by atoms with E-state index in [0.717, 1.165) is 0 Å². The Balaban J connectivity index is 3.47. The van der Waals surface area contributed by atoms with Crippen LogP contribution in [0.2, 0.25) is 0 Å². The highest BCUT2D eigenvalue weighted by Crippen LogP contribution is 1.91. The standard InChI is InChI=1S/C9H11NO5/c1-7(2)9(12)15-4-3-14-8(11)5-13-6-10/h1,3-5H2,2H3. The highest BCUT2D eigenvalue weighted by atomic mass is 16.6. The van der Waals surface area contributed by atoms with Crippen molar-refractivity contribution in [1.29, 1.82) is 5.26 Å². The van der Waals surface area contributed by atoms with Crippen LogP contribution in [0.4, 0.5) is 0 Å². The van der Waals surface area contributed by atoms with E-state index in [1.807, 2.05) is 0 Å². The van der Waals surface area contributed by atoms with Crippen LogP contribution in [-0.2, 0) is 23.8 Å². The van der Waals surface area contributed by atoms with E-state index in [1.54, 1.807) is 0 Å². The first kappa shape index (κ1) is 13.0. The Kier molecular flexibility index (Phi) is 6.38. The van der Waals surface area contributed by atoms with Crippen molar-refractivity contribution < 1.29 is 23.8 Å². The molecule has 0 rings (SSSR count). The Morgan fingerprint density at radius 2 is 1.93 bits per heavy atom. The second kappa shape index (κ2) is 7.38. The van der Waals surface area contributed by atoms with Gasteiger partial charge in [-0.15, -0.1) is 0 Å². The van der Waals surface area contributed by atoms with Crippen molar-refractivity contribution in [2.24, 2.45) is 0 Å². The third kappa shape index (κ3) is 7.07. The van der Waals surface area contributed by atoms with Gasteiger partial charge in [-0.25, -0.2) is 9.59 Å². The van der Waals surface area contributed by atoms with E-state index in [2.05, 4.69) is 20.8 Å². The van der Waals surface area contributed by atoms with Crippen LogP contribution in [0.5, 0.6) is 0 Å². The predicted molar refractivity (Wildman–Crippen MR) is 48.3 cm³/mol. The summed E-state index contributed by atoms with van der Waals surface area (Å²) in [6.45, 7) is 4.31. The van der Waals surface area contributed by atoms with Gasteiger partial charge < -0.3 is 14.2 Å². The summed E-state index contributed by atoms with van der Waals surface area (Å²) in [5.41, 5.74) is 0.272. The van der Waals surface area contributed by atoms with Gasteiger partial charge in [0.05, 0.1) is 0 Å². The fourth-order valence-corrected chi connectivity index (χ4v) is 0.546. The minimum absolute atomic E-state index is 0.0516. The molecule has 0 radical (unpaired) electrons. The van der Waals surface area contributed by atoms with Crippen molar-refractivity contribution in [3.63, 3.8) is 0 Å². The van der Waals surface area contributed by atoms with E-state index in [-0.39, 0.29) is 18.8 Å². The summed E-state index contributed by atoms with van der Waals surface area (Å²) in [6, 6.07) is 0. The van der Waals surface area contributed by atoms with E-state index in [4.69, 9.17) is 5.26 Å². The number of hydrogen-bond donors (Lipinski definition) is 0. The first-order valence-corrected chi connectivity index (χ1v) is 4.07. The normalized spacial score (nSPS) is 8.53. The molecule has 0 heterocycles. The van der Waals surface area contributed by atoms with Crippen molar-refractivity contribution in [1.82, 2.24) is 0 Å². The Morgan fingerprint density at radius 1 is 1.33 bits per heavy atom. The summed E-state index contributed by atoms with van der Waals surface area (Å²) < 4.78 is 13.3. The second-order valence-electron chi connectivity index (χ2n) is 2.52. The average Bonchev–Trinajstić information content (AvgIpc) is 2.20. The first-order chi connectivity index (χ1) is 7.07. The lowest BCUT2D eigenvalue weighted by atomic mass is 10.4. The third-order valence-electron chi connectivity index (χ3n) is 1.18. The van der Waals surface area contributed by atoms with E-state index >= 15 is 0 Å². The molecule has 15 heavy (non-hydrogen) atoms. The molecule has 0 aliphatic carbocycles. The molecular formula is C9H11NO5. The third-order valence-corrected chi connectivity index (χ3v) is 1.18. The lowest BCUT2D eigenvalue weighted by Gasteiger charge is -2.04. The van der Waals surface area contributed by atoms with E-state index < -0.39 is 18.5 Å². The molecule has 0 saturated heterocycles. The fourth-order valence-electron chi connectivity index (χ4n) is 0.546. The fraction of sp³-hybridized carbons (Fsp3) is 0.444. The monoisotopic (exact) mass is 213 g/mol. The SMILES string of the molecule is C=C(C)C(=O)OCCOC(=O)COC#N. The van der Waals surface area contributed by atoms with Crippen molar-refractivity contribution in [2.75, 3.05) is 19.8 Å². The first-order valence-electron chi connectivity index (χ1n) is 4.07. The topological polar surface area (TPSA) is 85.6 Å². The average molecular weight is 213 g/mol. The molecule has 82 valence electrons. The lowest BCUT2D eigenvalue weighted by Crippen LogP contribution is -2.16. The van der Waals surface area contributed by atoms with E-state index in [9.17, 15) is 9.59 Å². The van der Waals surface area contributed by atoms with Crippen LogP contribution < -0.4 is 0 Å². The van der Waals surface area contributed by atoms with Crippen molar-refractivity contribution in [3.8, 4) is 6.26 Å². The zero-order chi connectivity index (χ0) is 11.7. The molecule has 0 aromatic heterocycles. The number of nitrogens with zero attached hydrogens (tertiary/aromatic N) is 1. The molecule has 6 heteroatoms. The second-order valence-corrected chi connectivity index (χ2v) is 2.52.